The molecule has 0 saturated heterocycles. The fourth-order valence-corrected chi connectivity index (χ4v) is 1.73. The van der Waals surface area contributed by atoms with E-state index >= 15 is 0 Å². The van der Waals surface area contributed by atoms with Crippen molar-refractivity contribution in [3.63, 3.8) is 0 Å². The number of benzene rings is 1. The lowest BCUT2D eigenvalue weighted by Gasteiger charge is -2.20. The smallest absolute Gasteiger partial charge is 0.329 e. The van der Waals surface area contributed by atoms with Crippen LogP contribution >= 0.6 is 0 Å². The Hall–Kier alpha value is -2.50. The third-order valence-corrected chi connectivity index (χ3v) is 2.79. The summed E-state index contributed by atoms with van der Waals surface area (Å²) in [5.41, 5.74) is 5.83. The first-order valence-electron chi connectivity index (χ1n) is 5.40. The van der Waals surface area contributed by atoms with Crippen LogP contribution in [0.5, 0.6) is 0 Å². The average Bonchev–Trinajstić information content (AvgIpc) is 2.37. The highest BCUT2D eigenvalue weighted by Gasteiger charge is 2.15. The van der Waals surface area contributed by atoms with Gasteiger partial charge in [0.2, 0.25) is 0 Å². The molecule has 18 heavy (non-hydrogen) atoms. The molecule has 0 fully saturated rings. The molecule has 94 valence electrons. The van der Waals surface area contributed by atoms with Gasteiger partial charge in [-0.3, -0.25) is 14.3 Å². The summed E-state index contributed by atoms with van der Waals surface area (Å²) in [5.74, 6) is 0.0643. The Morgan fingerprint density at radius 3 is 2.44 bits per heavy atom. The lowest BCUT2D eigenvalue weighted by atomic mass is 10.3. The van der Waals surface area contributed by atoms with Crippen LogP contribution in [0.2, 0.25) is 0 Å². The van der Waals surface area contributed by atoms with Crippen LogP contribution in [0.1, 0.15) is 0 Å². The number of nitrogens with two attached hydrogens (primary N) is 1. The maximum atomic E-state index is 12.0. The molecule has 0 aliphatic heterocycles. The summed E-state index contributed by atoms with van der Waals surface area (Å²) in [6.45, 7) is 0. The summed E-state index contributed by atoms with van der Waals surface area (Å²) < 4.78 is 0.991. The minimum Gasteiger partial charge on any atom is -0.383 e. The zero-order valence-corrected chi connectivity index (χ0v) is 10.2. The van der Waals surface area contributed by atoms with Crippen LogP contribution < -0.4 is 21.9 Å². The summed E-state index contributed by atoms with van der Waals surface area (Å²) in [4.78, 5) is 27.5. The van der Waals surface area contributed by atoms with Crippen molar-refractivity contribution in [2.45, 2.75) is 0 Å². The number of anilines is 3. The Balaban J connectivity index is 2.63. The number of para-hydroxylation sites is 1. The van der Waals surface area contributed by atoms with Gasteiger partial charge >= 0.3 is 5.69 Å². The number of nitrogens with zero attached hydrogens (tertiary/aromatic N) is 2. The third-order valence-electron chi connectivity index (χ3n) is 2.79. The molecular weight excluding hydrogens is 232 g/mol. The van der Waals surface area contributed by atoms with Crippen molar-refractivity contribution in [2.75, 3.05) is 17.7 Å². The molecule has 0 saturated carbocycles. The minimum atomic E-state index is -0.525. The molecule has 0 radical (unpaired) electrons. The first-order chi connectivity index (χ1) is 8.52. The monoisotopic (exact) mass is 246 g/mol. The second-order valence-corrected chi connectivity index (χ2v) is 3.95. The topological polar surface area (TPSA) is 84.1 Å². The van der Waals surface area contributed by atoms with E-state index in [1.165, 1.54) is 7.05 Å². The Labute approximate surface area is 103 Å². The molecule has 2 aromatic rings. The molecular formula is C12H14N4O2. The molecule has 1 aromatic heterocycles. The van der Waals surface area contributed by atoms with Gasteiger partial charge in [-0.15, -0.1) is 0 Å². The Morgan fingerprint density at radius 1 is 1.22 bits per heavy atom. The van der Waals surface area contributed by atoms with E-state index < -0.39 is 11.2 Å². The van der Waals surface area contributed by atoms with E-state index in [1.807, 2.05) is 30.3 Å². The summed E-state index contributed by atoms with van der Waals surface area (Å²) in [6, 6.07) is 9.30. The van der Waals surface area contributed by atoms with E-state index in [-0.39, 0.29) is 11.5 Å². The van der Waals surface area contributed by atoms with Crippen LogP contribution in [0.25, 0.3) is 0 Å². The third kappa shape index (κ3) is 1.88. The molecule has 0 atom stereocenters. The van der Waals surface area contributed by atoms with Crippen LogP contribution in [-0.2, 0) is 7.05 Å². The first kappa shape index (κ1) is 12.0. The highest BCUT2D eigenvalue weighted by molar-refractivity contribution is 5.70. The molecule has 0 spiro atoms. The summed E-state index contributed by atoms with van der Waals surface area (Å²) in [7, 11) is 3.13. The molecule has 6 heteroatoms. The molecule has 3 N–H and O–H groups in total. The van der Waals surface area contributed by atoms with E-state index in [0.717, 1.165) is 10.3 Å². The minimum absolute atomic E-state index is 0.0643. The fraction of sp³-hybridized carbons (Fsp3) is 0.167. The quantitative estimate of drug-likeness (QED) is 0.804. The van der Waals surface area contributed by atoms with Crippen LogP contribution in [-0.4, -0.2) is 16.6 Å². The Kier molecular flexibility index (Phi) is 2.93. The highest BCUT2D eigenvalue weighted by Crippen LogP contribution is 2.22. The number of nitrogens with one attached hydrogen (secondary N) is 1. The van der Waals surface area contributed by atoms with Gasteiger partial charge < -0.3 is 10.6 Å². The highest BCUT2D eigenvalue weighted by atomic mass is 16.2. The molecule has 0 unspecified atom stereocenters. The van der Waals surface area contributed by atoms with E-state index in [0.29, 0.717) is 0 Å². The second-order valence-electron chi connectivity index (χ2n) is 3.95. The largest absolute Gasteiger partial charge is 0.383 e. The molecule has 1 heterocycles. The predicted molar refractivity (Wildman–Crippen MR) is 71.2 cm³/mol. The molecule has 1 aromatic carbocycles. The number of aromatic amines is 1. The second kappa shape index (κ2) is 4.40. The van der Waals surface area contributed by atoms with Crippen LogP contribution in [0, 0.1) is 0 Å². The molecule has 6 nitrogen and oxygen atoms in total. The Bertz CT molecular complexity index is 673. The van der Waals surface area contributed by atoms with Crippen molar-refractivity contribution in [1.29, 1.82) is 0 Å². The standard InChI is InChI=1S/C12H14N4O2/c1-15(8-6-4-3-5-7-8)9-10(13)14-12(18)16(2)11(9)17/h3-7H,13H2,1-2H3,(H,14,18). The van der Waals surface area contributed by atoms with Crippen LogP contribution in [0.3, 0.4) is 0 Å². The zero-order chi connectivity index (χ0) is 13.3. The number of aromatic nitrogens is 2. The van der Waals surface area contributed by atoms with E-state index in [2.05, 4.69) is 4.98 Å². The van der Waals surface area contributed by atoms with E-state index in [4.69, 9.17) is 5.73 Å². The lowest BCUT2D eigenvalue weighted by Crippen LogP contribution is -2.37. The van der Waals surface area contributed by atoms with Crippen LogP contribution in [0.15, 0.2) is 39.9 Å². The SMILES string of the molecule is CN(c1ccccc1)c1c(N)[nH]c(=O)n(C)c1=O. The lowest BCUT2D eigenvalue weighted by molar-refractivity contribution is 0.776. The van der Waals surface area contributed by atoms with Crippen molar-refractivity contribution in [3.05, 3.63) is 51.2 Å². The molecule has 0 amide bonds. The van der Waals surface area contributed by atoms with Gasteiger partial charge in [0, 0.05) is 19.8 Å². The van der Waals surface area contributed by atoms with E-state index in [1.54, 1.807) is 11.9 Å². The predicted octanol–water partition coefficient (Wildman–Crippen LogP) is 0.424. The molecule has 0 aliphatic rings. The normalized spacial score (nSPS) is 10.3. The average molecular weight is 246 g/mol. The van der Waals surface area contributed by atoms with Gasteiger partial charge in [-0.1, -0.05) is 18.2 Å². The number of hydrogen-bond acceptors (Lipinski definition) is 4. The first-order valence-corrected chi connectivity index (χ1v) is 5.40. The van der Waals surface area contributed by atoms with Crippen molar-refractivity contribution in [3.8, 4) is 0 Å². The maximum Gasteiger partial charge on any atom is 0.329 e. The van der Waals surface area contributed by atoms with Crippen molar-refractivity contribution in [2.24, 2.45) is 7.05 Å². The van der Waals surface area contributed by atoms with Crippen molar-refractivity contribution < 1.29 is 0 Å². The van der Waals surface area contributed by atoms with Gasteiger partial charge in [0.25, 0.3) is 5.56 Å². The summed E-state index contributed by atoms with van der Waals surface area (Å²) in [5, 5.41) is 0. The number of nitrogen functional groups attached to an aromatic ring is 1. The summed E-state index contributed by atoms with van der Waals surface area (Å²) >= 11 is 0. The van der Waals surface area contributed by atoms with Gasteiger partial charge in [-0.25, -0.2) is 4.79 Å². The van der Waals surface area contributed by atoms with E-state index in [9.17, 15) is 9.59 Å². The Morgan fingerprint density at radius 2 is 1.83 bits per heavy atom. The molecule has 0 bridgehead atoms. The van der Waals surface area contributed by atoms with Gasteiger partial charge in [0.15, 0.2) is 0 Å². The van der Waals surface area contributed by atoms with Crippen molar-refractivity contribution >= 4 is 17.2 Å². The number of H-pyrrole nitrogens is 1. The van der Waals surface area contributed by atoms with Crippen molar-refractivity contribution in [1.82, 2.24) is 9.55 Å². The zero-order valence-electron chi connectivity index (χ0n) is 10.2. The maximum absolute atomic E-state index is 12.0. The fourth-order valence-electron chi connectivity index (χ4n) is 1.73. The number of rotatable bonds is 2. The van der Waals surface area contributed by atoms with Crippen LogP contribution in [0.4, 0.5) is 17.2 Å². The molecule has 0 aliphatic carbocycles. The van der Waals surface area contributed by atoms with Gasteiger partial charge in [0.05, 0.1) is 0 Å². The van der Waals surface area contributed by atoms with Gasteiger partial charge in [-0.05, 0) is 12.1 Å². The number of hydrogen-bond donors (Lipinski definition) is 2. The van der Waals surface area contributed by atoms with Gasteiger partial charge in [-0.2, -0.15) is 0 Å². The van der Waals surface area contributed by atoms with Gasteiger partial charge in [0.1, 0.15) is 11.5 Å². The molecule has 2 rings (SSSR count). The summed E-state index contributed by atoms with van der Waals surface area (Å²) in [6.07, 6.45) is 0.